The van der Waals surface area contributed by atoms with Crippen LogP contribution >= 0.6 is 11.6 Å². The summed E-state index contributed by atoms with van der Waals surface area (Å²) in [5.74, 6) is -0.656. The quantitative estimate of drug-likeness (QED) is 0.638. The maximum Gasteiger partial charge on any atom is 0.125 e. The Kier molecular flexibility index (Phi) is 2.59. The molecular formula is C6H3ClFO2S-. The van der Waals surface area contributed by atoms with E-state index in [2.05, 4.69) is 0 Å². The highest BCUT2D eigenvalue weighted by molar-refractivity contribution is 7.79. The Bertz CT molecular complexity index is 282. The van der Waals surface area contributed by atoms with Gasteiger partial charge in [-0.3, -0.25) is 4.21 Å². The molecule has 0 amide bonds. The molecule has 0 saturated carbocycles. The lowest BCUT2D eigenvalue weighted by molar-refractivity contribution is 0.535. The van der Waals surface area contributed by atoms with Gasteiger partial charge < -0.3 is 4.55 Å². The van der Waals surface area contributed by atoms with E-state index in [1.165, 1.54) is 6.07 Å². The van der Waals surface area contributed by atoms with Crippen LogP contribution in [0, 0.1) is 5.82 Å². The number of rotatable bonds is 1. The smallest absolute Gasteiger partial charge is 0.125 e. The summed E-state index contributed by atoms with van der Waals surface area (Å²) in [6.45, 7) is 0. The zero-order valence-corrected chi connectivity index (χ0v) is 6.79. The Balaban J connectivity index is 3.19. The van der Waals surface area contributed by atoms with E-state index in [1.54, 1.807) is 0 Å². The summed E-state index contributed by atoms with van der Waals surface area (Å²) in [5.41, 5.74) is 0. The summed E-state index contributed by atoms with van der Waals surface area (Å²) in [5, 5.41) is 0.0733. The minimum Gasteiger partial charge on any atom is -0.768 e. The van der Waals surface area contributed by atoms with Crippen molar-refractivity contribution in [2.75, 3.05) is 0 Å². The van der Waals surface area contributed by atoms with Crippen molar-refractivity contribution in [2.24, 2.45) is 0 Å². The Morgan fingerprint density at radius 2 is 2.09 bits per heavy atom. The average Bonchev–Trinajstić information content (AvgIpc) is 1.85. The second-order valence-corrected chi connectivity index (χ2v) is 3.22. The zero-order chi connectivity index (χ0) is 8.43. The van der Waals surface area contributed by atoms with Gasteiger partial charge in [-0.25, -0.2) is 4.39 Å². The van der Waals surface area contributed by atoms with Gasteiger partial charge in [-0.15, -0.1) is 0 Å². The summed E-state index contributed by atoms with van der Waals surface area (Å²) in [6, 6.07) is 3.11. The molecule has 1 rings (SSSR count). The van der Waals surface area contributed by atoms with Crippen LogP contribution in [-0.2, 0) is 11.1 Å². The number of hydrogen-bond acceptors (Lipinski definition) is 2. The summed E-state index contributed by atoms with van der Waals surface area (Å²) < 4.78 is 33.0. The van der Waals surface area contributed by atoms with Gasteiger partial charge >= 0.3 is 0 Å². The van der Waals surface area contributed by atoms with Crippen LogP contribution in [0.3, 0.4) is 0 Å². The SMILES string of the molecule is O=S([O-])c1cc(F)cc(Cl)c1. The number of halogens is 2. The van der Waals surface area contributed by atoms with Gasteiger partial charge in [0.2, 0.25) is 0 Å². The van der Waals surface area contributed by atoms with E-state index in [0.717, 1.165) is 12.1 Å². The zero-order valence-electron chi connectivity index (χ0n) is 5.21. The first-order chi connectivity index (χ1) is 5.09. The number of hydrogen-bond donors (Lipinski definition) is 0. The molecule has 0 aliphatic heterocycles. The molecular weight excluding hydrogens is 191 g/mol. The van der Waals surface area contributed by atoms with Crippen LogP contribution < -0.4 is 0 Å². The predicted octanol–water partition coefficient (Wildman–Crippen LogP) is 1.72. The van der Waals surface area contributed by atoms with Crippen molar-refractivity contribution >= 4 is 22.7 Å². The Hall–Kier alpha value is -0.450. The summed E-state index contributed by atoms with van der Waals surface area (Å²) in [4.78, 5) is -0.144. The molecule has 11 heavy (non-hydrogen) atoms. The fraction of sp³-hybridized carbons (Fsp3) is 0. The molecule has 5 heteroatoms. The largest absolute Gasteiger partial charge is 0.768 e. The third-order valence-electron chi connectivity index (χ3n) is 1.03. The second-order valence-electron chi connectivity index (χ2n) is 1.84. The van der Waals surface area contributed by atoms with Gasteiger partial charge in [-0.2, -0.15) is 0 Å². The highest BCUT2D eigenvalue weighted by atomic mass is 35.5. The van der Waals surface area contributed by atoms with Crippen LogP contribution in [0.1, 0.15) is 0 Å². The van der Waals surface area contributed by atoms with Crippen molar-refractivity contribution in [3.8, 4) is 0 Å². The van der Waals surface area contributed by atoms with E-state index in [9.17, 15) is 13.2 Å². The Morgan fingerprint density at radius 3 is 2.55 bits per heavy atom. The molecule has 1 aromatic carbocycles. The minimum absolute atomic E-state index is 0.0733. The highest BCUT2D eigenvalue weighted by Crippen LogP contribution is 2.15. The molecule has 0 saturated heterocycles. The summed E-state index contributed by atoms with van der Waals surface area (Å²) in [6.07, 6.45) is 0. The van der Waals surface area contributed by atoms with Gasteiger partial charge in [0.25, 0.3) is 0 Å². The van der Waals surface area contributed by atoms with Gasteiger partial charge in [0.1, 0.15) is 5.82 Å². The topological polar surface area (TPSA) is 40.1 Å². The molecule has 0 aliphatic carbocycles. The molecule has 0 spiro atoms. The van der Waals surface area contributed by atoms with Crippen LogP contribution in [0.25, 0.3) is 0 Å². The normalized spacial score (nSPS) is 13.0. The first-order valence-corrected chi connectivity index (χ1v) is 4.10. The predicted molar refractivity (Wildman–Crippen MR) is 38.6 cm³/mol. The Labute approximate surface area is 70.3 Å². The highest BCUT2D eigenvalue weighted by Gasteiger charge is 1.98. The third-order valence-corrected chi connectivity index (χ3v) is 1.87. The molecule has 0 heterocycles. The van der Waals surface area contributed by atoms with Crippen LogP contribution in [0.2, 0.25) is 5.02 Å². The van der Waals surface area contributed by atoms with E-state index in [0.29, 0.717) is 0 Å². The van der Waals surface area contributed by atoms with Crippen molar-refractivity contribution < 1.29 is 13.2 Å². The van der Waals surface area contributed by atoms with Crippen LogP contribution in [0.4, 0.5) is 4.39 Å². The molecule has 0 aromatic heterocycles. The molecule has 1 atom stereocenters. The van der Waals surface area contributed by atoms with Gasteiger partial charge in [-0.1, -0.05) is 11.6 Å². The van der Waals surface area contributed by atoms with Gasteiger partial charge in [0.05, 0.1) is 0 Å². The van der Waals surface area contributed by atoms with Crippen molar-refractivity contribution in [1.82, 2.24) is 0 Å². The van der Waals surface area contributed by atoms with Gasteiger partial charge in [0.15, 0.2) is 0 Å². The van der Waals surface area contributed by atoms with E-state index in [4.69, 9.17) is 11.6 Å². The maximum absolute atomic E-state index is 12.4. The fourth-order valence-electron chi connectivity index (χ4n) is 0.625. The summed E-state index contributed by atoms with van der Waals surface area (Å²) in [7, 11) is 0. The minimum atomic E-state index is -2.42. The van der Waals surface area contributed by atoms with Gasteiger partial charge in [0, 0.05) is 9.92 Å². The second kappa shape index (κ2) is 3.30. The van der Waals surface area contributed by atoms with Crippen molar-refractivity contribution in [3.05, 3.63) is 29.0 Å². The lowest BCUT2D eigenvalue weighted by atomic mass is 10.3. The van der Waals surface area contributed by atoms with Crippen molar-refractivity contribution in [1.29, 1.82) is 0 Å². The van der Waals surface area contributed by atoms with Gasteiger partial charge in [-0.05, 0) is 29.3 Å². The molecule has 0 aliphatic rings. The summed E-state index contributed by atoms with van der Waals surface area (Å²) >= 11 is 2.96. The van der Waals surface area contributed by atoms with Crippen molar-refractivity contribution in [2.45, 2.75) is 4.90 Å². The molecule has 0 bridgehead atoms. The standard InChI is InChI=1S/C6H4ClFO2S/c7-4-1-5(8)3-6(2-4)11(9)10/h1-3H,(H,9,10)/p-1. The fourth-order valence-corrected chi connectivity index (χ4v) is 1.34. The van der Waals surface area contributed by atoms with Crippen LogP contribution in [-0.4, -0.2) is 8.76 Å². The maximum atomic E-state index is 12.4. The van der Waals surface area contributed by atoms with E-state index < -0.39 is 16.9 Å². The third kappa shape index (κ3) is 2.25. The monoisotopic (exact) mass is 193 g/mol. The molecule has 0 fully saturated rings. The molecule has 0 N–H and O–H groups in total. The molecule has 0 radical (unpaired) electrons. The lowest BCUT2D eigenvalue weighted by Crippen LogP contribution is -1.89. The van der Waals surface area contributed by atoms with Crippen LogP contribution in [0.5, 0.6) is 0 Å². The Morgan fingerprint density at radius 1 is 1.45 bits per heavy atom. The molecule has 1 aromatic rings. The first-order valence-electron chi connectivity index (χ1n) is 2.65. The average molecular weight is 194 g/mol. The lowest BCUT2D eigenvalue weighted by Gasteiger charge is -2.04. The van der Waals surface area contributed by atoms with E-state index >= 15 is 0 Å². The van der Waals surface area contributed by atoms with E-state index in [-0.39, 0.29) is 9.92 Å². The molecule has 2 nitrogen and oxygen atoms in total. The number of benzene rings is 1. The van der Waals surface area contributed by atoms with E-state index in [1.807, 2.05) is 0 Å². The first kappa shape index (κ1) is 8.64. The molecule has 1 unspecified atom stereocenters. The van der Waals surface area contributed by atoms with Crippen molar-refractivity contribution in [3.63, 3.8) is 0 Å². The molecule has 60 valence electrons. The van der Waals surface area contributed by atoms with Crippen LogP contribution in [0.15, 0.2) is 23.1 Å².